The normalized spacial score (nSPS) is 21.3. The predicted molar refractivity (Wildman–Crippen MR) is 75.6 cm³/mol. The molecule has 1 saturated heterocycles. The highest BCUT2D eigenvalue weighted by Gasteiger charge is 2.34. The number of hydrogen-bond donors (Lipinski definition) is 1. The van der Waals surface area contributed by atoms with E-state index in [1.807, 2.05) is 0 Å². The number of rotatable bonds is 3. The summed E-state index contributed by atoms with van der Waals surface area (Å²) in [4.78, 5) is 18.7. The summed E-state index contributed by atoms with van der Waals surface area (Å²) in [6.07, 6.45) is 0.515. The molecule has 0 spiro atoms. The van der Waals surface area contributed by atoms with Crippen LogP contribution in [0, 0.1) is 6.92 Å². The number of hydrogen-bond acceptors (Lipinski definition) is 6. The number of nitrogens with zero attached hydrogens (tertiary/aromatic N) is 2. The fourth-order valence-corrected chi connectivity index (χ4v) is 4.79. The zero-order chi connectivity index (χ0) is 14.2. The number of carbonyl (C=O) groups excluding carboxylic acids is 1. The molecule has 2 heterocycles. The van der Waals surface area contributed by atoms with Crippen LogP contribution in [0.4, 0.5) is 5.13 Å². The molecule has 1 fully saturated rings. The molecule has 8 heteroatoms. The maximum atomic E-state index is 12.4. The first-order valence-electron chi connectivity index (χ1n) is 5.97. The smallest absolute Gasteiger partial charge is 0.265 e. The van der Waals surface area contributed by atoms with E-state index in [4.69, 9.17) is 0 Å². The van der Waals surface area contributed by atoms with E-state index >= 15 is 0 Å². The monoisotopic (exact) mass is 303 g/mol. The van der Waals surface area contributed by atoms with Crippen molar-refractivity contribution in [2.75, 3.05) is 30.9 Å². The first kappa shape index (κ1) is 14.3. The molecule has 0 radical (unpaired) electrons. The predicted octanol–water partition coefficient (Wildman–Crippen LogP) is 0.752. The van der Waals surface area contributed by atoms with Crippen molar-refractivity contribution in [3.63, 3.8) is 0 Å². The lowest BCUT2D eigenvalue weighted by Crippen LogP contribution is -2.37. The van der Waals surface area contributed by atoms with Crippen LogP contribution in [0.3, 0.4) is 0 Å². The van der Waals surface area contributed by atoms with Crippen molar-refractivity contribution >= 4 is 32.2 Å². The number of aryl methyl sites for hydroxylation is 1. The summed E-state index contributed by atoms with van der Waals surface area (Å²) < 4.78 is 22.9. The minimum absolute atomic E-state index is 0.0615. The molecule has 19 heavy (non-hydrogen) atoms. The average Bonchev–Trinajstić information content (AvgIpc) is 2.90. The van der Waals surface area contributed by atoms with Crippen LogP contribution in [-0.4, -0.2) is 55.9 Å². The number of amides is 1. The first-order chi connectivity index (χ1) is 8.84. The van der Waals surface area contributed by atoms with Crippen LogP contribution in [0.15, 0.2) is 0 Å². The topological polar surface area (TPSA) is 79.4 Å². The Bertz CT molecular complexity index is 594. The van der Waals surface area contributed by atoms with Gasteiger partial charge in [0.1, 0.15) is 4.88 Å². The lowest BCUT2D eigenvalue weighted by molar-refractivity contribution is 0.0751. The second-order valence-corrected chi connectivity index (χ2v) is 7.88. The Morgan fingerprint density at radius 3 is 2.68 bits per heavy atom. The minimum atomic E-state index is -2.98. The first-order valence-corrected chi connectivity index (χ1v) is 8.60. The molecule has 0 aromatic carbocycles. The van der Waals surface area contributed by atoms with E-state index in [0.717, 1.165) is 0 Å². The van der Waals surface area contributed by atoms with Crippen LogP contribution < -0.4 is 5.32 Å². The van der Waals surface area contributed by atoms with E-state index < -0.39 is 9.84 Å². The molecular weight excluding hydrogens is 286 g/mol. The maximum Gasteiger partial charge on any atom is 0.265 e. The van der Waals surface area contributed by atoms with Crippen LogP contribution in [0.5, 0.6) is 0 Å². The Morgan fingerprint density at radius 2 is 2.21 bits per heavy atom. The van der Waals surface area contributed by atoms with Crippen LogP contribution >= 0.6 is 11.3 Å². The Labute approximate surface area is 116 Å². The van der Waals surface area contributed by atoms with Crippen molar-refractivity contribution in [2.45, 2.75) is 19.4 Å². The molecule has 0 aliphatic carbocycles. The average molecular weight is 303 g/mol. The van der Waals surface area contributed by atoms with Gasteiger partial charge in [0, 0.05) is 20.1 Å². The van der Waals surface area contributed by atoms with Gasteiger partial charge in [-0.15, -0.1) is 0 Å². The number of nitrogens with one attached hydrogen (secondary N) is 1. The van der Waals surface area contributed by atoms with Crippen LogP contribution in [0.1, 0.15) is 21.8 Å². The fourth-order valence-electron chi connectivity index (χ4n) is 2.11. The third kappa shape index (κ3) is 2.89. The molecule has 1 aliphatic heterocycles. The summed E-state index contributed by atoms with van der Waals surface area (Å²) in [6, 6.07) is -0.225. The molecule has 106 valence electrons. The van der Waals surface area contributed by atoms with E-state index in [9.17, 15) is 13.2 Å². The summed E-state index contributed by atoms with van der Waals surface area (Å²) in [7, 11) is 0.424. The summed E-state index contributed by atoms with van der Waals surface area (Å²) in [5, 5.41) is 3.59. The SMILES string of the molecule is CNc1nc(C)c(C(=O)N(C)C2CCS(=O)(=O)C2)s1. The minimum Gasteiger partial charge on any atom is -0.365 e. The molecule has 1 aliphatic rings. The second-order valence-electron chi connectivity index (χ2n) is 4.66. The number of carbonyl (C=O) groups is 1. The van der Waals surface area contributed by atoms with Gasteiger partial charge in [0.25, 0.3) is 5.91 Å². The Balaban J connectivity index is 2.17. The van der Waals surface area contributed by atoms with Crippen molar-refractivity contribution < 1.29 is 13.2 Å². The van der Waals surface area contributed by atoms with Gasteiger partial charge in [-0.25, -0.2) is 13.4 Å². The second kappa shape index (κ2) is 5.09. The maximum absolute atomic E-state index is 12.4. The highest BCUT2D eigenvalue weighted by atomic mass is 32.2. The summed E-state index contributed by atoms with van der Waals surface area (Å²) in [5.41, 5.74) is 0.673. The third-order valence-electron chi connectivity index (χ3n) is 3.28. The zero-order valence-electron chi connectivity index (χ0n) is 11.1. The van der Waals surface area contributed by atoms with Gasteiger partial charge in [-0.2, -0.15) is 0 Å². The molecule has 1 aromatic heterocycles. The van der Waals surface area contributed by atoms with E-state index in [0.29, 0.717) is 22.1 Å². The molecule has 1 unspecified atom stereocenters. The van der Waals surface area contributed by atoms with Gasteiger partial charge in [0.15, 0.2) is 15.0 Å². The van der Waals surface area contributed by atoms with E-state index in [2.05, 4.69) is 10.3 Å². The van der Waals surface area contributed by atoms with Crippen molar-refractivity contribution in [1.82, 2.24) is 9.88 Å². The summed E-state index contributed by atoms with van der Waals surface area (Å²) >= 11 is 1.29. The number of sulfone groups is 1. The van der Waals surface area contributed by atoms with Crippen LogP contribution in [0.25, 0.3) is 0 Å². The molecule has 1 N–H and O–H groups in total. The lowest BCUT2D eigenvalue weighted by Gasteiger charge is -2.22. The van der Waals surface area contributed by atoms with Gasteiger partial charge >= 0.3 is 0 Å². The fraction of sp³-hybridized carbons (Fsp3) is 0.636. The molecule has 1 atom stereocenters. The van der Waals surface area contributed by atoms with Gasteiger partial charge in [0.2, 0.25) is 0 Å². The highest BCUT2D eigenvalue weighted by Crippen LogP contribution is 2.25. The van der Waals surface area contributed by atoms with Crippen molar-refractivity contribution in [3.05, 3.63) is 10.6 Å². The van der Waals surface area contributed by atoms with E-state index in [1.54, 1.807) is 21.0 Å². The van der Waals surface area contributed by atoms with Gasteiger partial charge in [-0.3, -0.25) is 4.79 Å². The number of aromatic nitrogens is 1. The molecule has 0 bridgehead atoms. The van der Waals surface area contributed by atoms with Crippen molar-refractivity contribution in [3.8, 4) is 0 Å². The van der Waals surface area contributed by atoms with Gasteiger partial charge < -0.3 is 10.2 Å². The van der Waals surface area contributed by atoms with Gasteiger partial charge in [-0.05, 0) is 13.3 Å². The molecule has 1 amide bonds. The summed E-state index contributed by atoms with van der Waals surface area (Å²) in [5.74, 6) is 0.0728. The Kier molecular flexibility index (Phi) is 3.82. The quantitative estimate of drug-likeness (QED) is 0.891. The number of anilines is 1. The molecule has 6 nitrogen and oxygen atoms in total. The molecular formula is C11H17N3O3S2. The zero-order valence-corrected chi connectivity index (χ0v) is 12.8. The highest BCUT2D eigenvalue weighted by molar-refractivity contribution is 7.91. The van der Waals surface area contributed by atoms with Gasteiger partial charge in [0.05, 0.1) is 17.2 Å². The van der Waals surface area contributed by atoms with E-state index in [-0.39, 0.29) is 23.5 Å². The summed E-state index contributed by atoms with van der Waals surface area (Å²) in [6.45, 7) is 1.78. The van der Waals surface area contributed by atoms with Crippen LogP contribution in [0.2, 0.25) is 0 Å². The van der Waals surface area contributed by atoms with Crippen LogP contribution in [-0.2, 0) is 9.84 Å². The number of thiazole rings is 1. The van der Waals surface area contributed by atoms with E-state index in [1.165, 1.54) is 16.2 Å². The molecule has 0 saturated carbocycles. The van der Waals surface area contributed by atoms with Crippen molar-refractivity contribution in [2.24, 2.45) is 0 Å². The Morgan fingerprint density at radius 1 is 1.53 bits per heavy atom. The third-order valence-corrected chi connectivity index (χ3v) is 6.19. The lowest BCUT2D eigenvalue weighted by atomic mass is 10.2. The standard InChI is InChI=1S/C11H17N3O3S2/c1-7-9(18-11(12-2)13-7)10(15)14(3)8-4-5-19(16,17)6-8/h8H,4-6H2,1-3H3,(H,12,13). The molecule has 2 rings (SSSR count). The molecule has 1 aromatic rings. The largest absolute Gasteiger partial charge is 0.365 e. The van der Waals surface area contributed by atoms with Crippen molar-refractivity contribution in [1.29, 1.82) is 0 Å². The Hall–Kier alpha value is -1.15. The van der Waals surface area contributed by atoms with Gasteiger partial charge in [-0.1, -0.05) is 11.3 Å².